The van der Waals surface area contributed by atoms with Crippen molar-refractivity contribution in [3.05, 3.63) is 35.4 Å². The first kappa shape index (κ1) is 15.8. The fraction of sp³-hybridized carbons (Fsp3) is 0.400. The van der Waals surface area contributed by atoms with Gasteiger partial charge in [0, 0.05) is 32.7 Å². The number of hydrogen-bond donors (Lipinski definition) is 2. The van der Waals surface area contributed by atoms with Crippen LogP contribution in [0.5, 0.6) is 0 Å². The van der Waals surface area contributed by atoms with Gasteiger partial charge in [0.15, 0.2) is 0 Å². The van der Waals surface area contributed by atoms with Crippen molar-refractivity contribution in [3.63, 3.8) is 0 Å². The minimum absolute atomic E-state index is 0.0506. The lowest BCUT2D eigenvalue weighted by Gasteiger charge is -2.34. The molecule has 3 amide bonds. The third kappa shape index (κ3) is 4.46. The number of primary amides is 1. The van der Waals surface area contributed by atoms with Crippen molar-refractivity contribution in [2.24, 2.45) is 5.73 Å². The van der Waals surface area contributed by atoms with Gasteiger partial charge >= 0.3 is 6.03 Å². The molecule has 1 aromatic carbocycles. The van der Waals surface area contributed by atoms with Crippen molar-refractivity contribution >= 4 is 11.9 Å². The maximum atomic E-state index is 11.8. The molecular weight excluding hydrogens is 282 g/mol. The second-order valence-electron chi connectivity index (χ2n) is 5.18. The van der Waals surface area contributed by atoms with Crippen LogP contribution < -0.4 is 11.1 Å². The summed E-state index contributed by atoms with van der Waals surface area (Å²) in [6.45, 7) is 3.58. The van der Waals surface area contributed by atoms with Crippen LogP contribution in [0.4, 0.5) is 4.79 Å². The van der Waals surface area contributed by atoms with Crippen LogP contribution in [0.15, 0.2) is 24.3 Å². The molecule has 1 fully saturated rings. The molecule has 2 rings (SSSR count). The van der Waals surface area contributed by atoms with Gasteiger partial charge in [-0.1, -0.05) is 12.1 Å². The summed E-state index contributed by atoms with van der Waals surface area (Å²) < 4.78 is 0. The summed E-state index contributed by atoms with van der Waals surface area (Å²) in [4.78, 5) is 26.4. The summed E-state index contributed by atoms with van der Waals surface area (Å²) in [7, 11) is 0. The summed E-state index contributed by atoms with van der Waals surface area (Å²) in [5.41, 5.74) is 6.75. The number of rotatable bonds is 4. The van der Waals surface area contributed by atoms with Crippen molar-refractivity contribution in [1.82, 2.24) is 15.1 Å². The van der Waals surface area contributed by atoms with Gasteiger partial charge in [-0.3, -0.25) is 9.69 Å². The molecule has 0 spiro atoms. The molecule has 1 heterocycles. The number of nitrogens with one attached hydrogen (secondary N) is 1. The molecule has 3 N–H and O–H groups in total. The maximum Gasteiger partial charge on any atom is 0.312 e. The molecule has 0 atom stereocenters. The van der Waals surface area contributed by atoms with Crippen LogP contribution in [0.25, 0.3) is 0 Å². The van der Waals surface area contributed by atoms with E-state index in [9.17, 15) is 9.59 Å². The molecular formula is C15H19N5O2. The molecule has 7 heteroatoms. The quantitative estimate of drug-likeness (QED) is 0.808. The molecule has 0 unspecified atom stereocenters. The second-order valence-corrected chi connectivity index (χ2v) is 5.18. The highest BCUT2D eigenvalue weighted by Gasteiger charge is 2.21. The zero-order valence-corrected chi connectivity index (χ0v) is 12.3. The molecule has 1 saturated heterocycles. The van der Waals surface area contributed by atoms with E-state index in [0.717, 1.165) is 25.2 Å². The van der Waals surface area contributed by atoms with Gasteiger partial charge in [-0.05, 0) is 17.7 Å². The number of urea groups is 1. The molecule has 116 valence electrons. The summed E-state index contributed by atoms with van der Waals surface area (Å²) in [6, 6.07) is 8.93. The van der Waals surface area contributed by atoms with Crippen LogP contribution in [-0.4, -0.2) is 54.5 Å². The van der Waals surface area contributed by atoms with Crippen LogP contribution >= 0.6 is 0 Å². The van der Waals surface area contributed by atoms with Crippen LogP contribution in [0, 0.1) is 11.3 Å². The smallest absolute Gasteiger partial charge is 0.312 e. The second kappa shape index (κ2) is 7.43. The van der Waals surface area contributed by atoms with Gasteiger partial charge in [-0.15, -0.1) is 0 Å². The third-order valence-electron chi connectivity index (χ3n) is 3.63. The lowest BCUT2D eigenvalue weighted by Crippen LogP contribution is -2.51. The lowest BCUT2D eigenvalue weighted by atomic mass is 10.1. The Labute approximate surface area is 129 Å². The first-order chi connectivity index (χ1) is 10.6. The minimum atomic E-state index is -0.687. The van der Waals surface area contributed by atoms with Crippen molar-refractivity contribution < 1.29 is 9.59 Å². The fourth-order valence-corrected chi connectivity index (χ4v) is 2.37. The number of piperazine rings is 1. The molecule has 0 saturated carbocycles. The highest BCUT2D eigenvalue weighted by atomic mass is 16.2. The predicted molar refractivity (Wildman–Crippen MR) is 80.6 cm³/mol. The zero-order valence-electron chi connectivity index (χ0n) is 12.3. The van der Waals surface area contributed by atoms with E-state index in [4.69, 9.17) is 11.0 Å². The molecule has 1 aromatic rings. The van der Waals surface area contributed by atoms with Gasteiger partial charge in [0.2, 0.25) is 5.91 Å². The molecule has 0 aliphatic carbocycles. The largest absolute Gasteiger partial charge is 0.352 e. The van der Waals surface area contributed by atoms with E-state index in [0.29, 0.717) is 18.7 Å². The summed E-state index contributed by atoms with van der Waals surface area (Å²) in [5.74, 6) is -0.114. The molecule has 22 heavy (non-hydrogen) atoms. The highest BCUT2D eigenvalue weighted by Crippen LogP contribution is 2.10. The van der Waals surface area contributed by atoms with Gasteiger partial charge in [0.05, 0.1) is 18.2 Å². The maximum absolute atomic E-state index is 11.8. The number of carbonyl (C=O) groups excluding carboxylic acids is 2. The number of nitrogens with two attached hydrogens (primary N) is 1. The van der Waals surface area contributed by atoms with E-state index < -0.39 is 6.03 Å². The van der Waals surface area contributed by atoms with Crippen LogP contribution in [-0.2, 0) is 11.3 Å². The number of hydrogen-bond acceptors (Lipinski definition) is 4. The van der Waals surface area contributed by atoms with Gasteiger partial charge in [0.25, 0.3) is 0 Å². The first-order valence-electron chi connectivity index (χ1n) is 7.11. The van der Waals surface area contributed by atoms with Crippen molar-refractivity contribution in [2.75, 3.05) is 32.7 Å². The van der Waals surface area contributed by atoms with Crippen molar-refractivity contribution in [2.45, 2.75) is 6.54 Å². The molecule has 0 bridgehead atoms. The molecule has 7 nitrogen and oxygen atoms in total. The number of benzene rings is 1. The Morgan fingerprint density at radius 2 is 1.82 bits per heavy atom. The Hall–Kier alpha value is -2.59. The number of carbonyl (C=O) groups is 2. The third-order valence-corrected chi connectivity index (χ3v) is 3.63. The Bertz CT molecular complexity index is 571. The van der Waals surface area contributed by atoms with Gasteiger partial charge in [0.1, 0.15) is 0 Å². The Morgan fingerprint density at radius 3 is 2.36 bits per heavy atom. The van der Waals surface area contributed by atoms with Crippen LogP contribution in [0.1, 0.15) is 11.1 Å². The Balaban J connectivity index is 1.78. The monoisotopic (exact) mass is 301 g/mol. The number of nitrogens with zero attached hydrogens (tertiary/aromatic N) is 3. The number of nitriles is 1. The van der Waals surface area contributed by atoms with E-state index in [1.807, 2.05) is 24.3 Å². The first-order valence-corrected chi connectivity index (χ1v) is 7.11. The van der Waals surface area contributed by atoms with E-state index in [-0.39, 0.29) is 12.5 Å². The number of amides is 3. The average molecular weight is 301 g/mol. The SMILES string of the molecule is N#Cc1ccc(CN2CCN(C(=O)CNC(N)=O)CC2)cc1. The minimum Gasteiger partial charge on any atom is -0.352 e. The average Bonchev–Trinajstić information content (AvgIpc) is 2.54. The highest BCUT2D eigenvalue weighted by molar-refractivity contribution is 5.83. The van der Waals surface area contributed by atoms with Crippen LogP contribution in [0.3, 0.4) is 0 Å². The van der Waals surface area contributed by atoms with Gasteiger partial charge < -0.3 is 16.0 Å². The van der Waals surface area contributed by atoms with E-state index in [2.05, 4.69) is 16.3 Å². The van der Waals surface area contributed by atoms with E-state index in [1.54, 1.807) is 4.90 Å². The molecule has 1 aliphatic rings. The van der Waals surface area contributed by atoms with Crippen molar-refractivity contribution in [1.29, 1.82) is 5.26 Å². The molecule has 0 radical (unpaired) electrons. The normalized spacial score (nSPS) is 15.1. The summed E-state index contributed by atoms with van der Waals surface area (Å²) in [5, 5.41) is 11.1. The molecule has 1 aliphatic heterocycles. The zero-order chi connectivity index (χ0) is 15.9. The van der Waals surface area contributed by atoms with E-state index >= 15 is 0 Å². The van der Waals surface area contributed by atoms with E-state index in [1.165, 1.54) is 0 Å². The topological polar surface area (TPSA) is 102 Å². The standard InChI is InChI=1S/C15H19N5O2/c16-9-12-1-3-13(4-2-12)11-19-5-7-20(8-6-19)14(21)10-18-15(17)22/h1-4H,5-8,10-11H2,(H3,17,18,22). The lowest BCUT2D eigenvalue weighted by molar-refractivity contribution is -0.131. The summed E-state index contributed by atoms with van der Waals surface area (Å²) in [6.07, 6.45) is 0. The van der Waals surface area contributed by atoms with Crippen molar-refractivity contribution in [3.8, 4) is 6.07 Å². The molecule has 0 aromatic heterocycles. The van der Waals surface area contributed by atoms with Gasteiger partial charge in [-0.2, -0.15) is 5.26 Å². The summed E-state index contributed by atoms with van der Waals surface area (Å²) >= 11 is 0. The van der Waals surface area contributed by atoms with Gasteiger partial charge in [-0.25, -0.2) is 4.79 Å². The fourth-order valence-electron chi connectivity index (χ4n) is 2.37. The Morgan fingerprint density at radius 1 is 1.18 bits per heavy atom. The van der Waals surface area contributed by atoms with Crippen LogP contribution in [0.2, 0.25) is 0 Å². The predicted octanol–water partition coefficient (Wildman–Crippen LogP) is -0.129. The Kier molecular flexibility index (Phi) is 5.33.